The number of hydrogen-bond donors (Lipinski definition) is 1. The van der Waals surface area contributed by atoms with Crippen LogP contribution in [0.4, 0.5) is 17.3 Å². The Kier molecular flexibility index (Phi) is 6.72. The summed E-state index contributed by atoms with van der Waals surface area (Å²) in [6.07, 6.45) is 3.52. The first-order valence-electron chi connectivity index (χ1n) is 12.8. The minimum atomic E-state index is -3.51. The second-order valence-electron chi connectivity index (χ2n) is 9.82. The van der Waals surface area contributed by atoms with E-state index < -0.39 is 9.84 Å². The summed E-state index contributed by atoms with van der Waals surface area (Å²) in [5.41, 5.74) is 3.03. The van der Waals surface area contributed by atoms with Crippen molar-refractivity contribution in [1.82, 2.24) is 20.3 Å². The van der Waals surface area contributed by atoms with Gasteiger partial charge in [0.25, 0.3) is 5.91 Å². The third-order valence-corrected chi connectivity index (χ3v) is 8.65. The average Bonchev–Trinajstić information content (AvgIpc) is 3.11. The highest BCUT2D eigenvalue weighted by Crippen LogP contribution is 2.37. The first-order chi connectivity index (χ1) is 19.3. The lowest BCUT2D eigenvalue weighted by atomic mass is 10.1. The summed E-state index contributed by atoms with van der Waals surface area (Å²) in [7, 11) is 0.358. The van der Waals surface area contributed by atoms with Gasteiger partial charge >= 0.3 is 0 Å². The molecule has 11 nitrogen and oxygen atoms in total. The van der Waals surface area contributed by atoms with Crippen molar-refractivity contribution in [2.75, 3.05) is 49.4 Å². The molecule has 0 radical (unpaired) electrons. The minimum Gasteiger partial charge on any atom is -0.489 e. The van der Waals surface area contributed by atoms with Gasteiger partial charge in [-0.2, -0.15) is 0 Å². The van der Waals surface area contributed by atoms with Crippen LogP contribution in [0.15, 0.2) is 59.8 Å². The second-order valence-corrected chi connectivity index (χ2v) is 11.9. The maximum absolute atomic E-state index is 12.9. The van der Waals surface area contributed by atoms with E-state index in [4.69, 9.17) is 14.5 Å². The van der Waals surface area contributed by atoms with Gasteiger partial charge in [-0.25, -0.2) is 18.4 Å². The number of carbonyl (C=O) groups is 1. The monoisotopic (exact) mass is 560 g/mol. The van der Waals surface area contributed by atoms with Gasteiger partial charge in [-0.3, -0.25) is 9.78 Å². The molecule has 2 aliphatic rings. The number of pyridine rings is 3. The van der Waals surface area contributed by atoms with E-state index in [1.165, 1.54) is 6.07 Å². The average molecular weight is 561 g/mol. The zero-order chi connectivity index (χ0) is 27.9. The van der Waals surface area contributed by atoms with Crippen molar-refractivity contribution in [3.63, 3.8) is 0 Å². The molecule has 1 aromatic carbocycles. The summed E-state index contributed by atoms with van der Waals surface area (Å²) in [6.45, 7) is 1.65. The molecule has 12 heteroatoms. The fourth-order valence-electron chi connectivity index (χ4n) is 4.72. The number of aromatic nitrogens is 3. The Morgan fingerprint density at radius 3 is 2.80 bits per heavy atom. The molecule has 0 saturated carbocycles. The molecule has 0 atom stereocenters. The minimum absolute atomic E-state index is 0.106. The number of nitrogens with zero attached hydrogens (tertiary/aromatic N) is 5. The van der Waals surface area contributed by atoms with Gasteiger partial charge in [0.2, 0.25) is 0 Å². The highest BCUT2D eigenvalue weighted by Gasteiger charge is 2.24. The summed E-state index contributed by atoms with van der Waals surface area (Å²) in [4.78, 5) is 30.9. The van der Waals surface area contributed by atoms with E-state index >= 15 is 0 Å². The molecule has 1 amide bonds. The van der Waals surface area contributed by atoms with Crippen molar-refractivity contribution < 1.29 is 22.7 Å². The molecule has 3 aromatic heterocycles. The van der Waals surface area contributed by atoms with Crippen LogP contribution in [-0.2, 0) is 27.7 Å². The zero-order valence-electron chi connectivity index (χ0n) is 22.1. The SMILES string of the molecule is CN(C)c1cc2c(cn1)N(c1ccc3cnc(CNC(=O)c4ccc5c(c4)S(=O)(=O)CCOC5)cc3n1)CCO2. The van der Waals surface area contributed by atoms with Crippen LogP contribution in [-0.4, -0.2) is 68.9 Å². The molecule has 1 N–H and O–H groups in total. The lowest BCUT2D eigenvalue weighted by molar-refractivity contribution is 0.0950. The Hall–Kier alpha value is -4.29. The van der Waals surface area contributed by atoms with Crippen molar-refractivity contribution in [2.45, 2.75) is 18.0 Å². The number of amides is 1. The van der Waals surface area contributed by atoms with E-state index in [-0.39, 0.29) is 41.9 Å². The fraction of sp³-hybridized carbons (Fsp3) is 0.286. The first kappa shape index (κ1) is 26.0. The van der Waals surface area contributed by atoms with E-state index in [2.05, 4.69) is 20.2 Å². The molecule has 206 valence electrons. The largest absolute Gasteiger partial charge is 0.489 e. The van der Waals surface area contributed by atoms with E-state index in [0.29, 0.717) is 24.4 Å². The number of sulfone groups is 1. The van der Waals surface area contributed by atoms with Crippen LogP contribution >= 0.6 is 0 Å². The van der Waals surface area contributed by atoms with Crippen molar-refractivity contribution in [3.05, 3.63) is 71.7 Å². The van der Waals surface area contributed by atoms with Crippen LogP contribution < -0.4 is 19.9 Å². The number of carbonyl (C=O) groups excluding carboxylic acids is 1. The number of anilines is 3. The summed E-state index contributed by atoms with van der Waals surface area (Å²) in [6, 6.07) is 12.3. The lowest BCUT2D eigenvalue weighted by Gasteiger charge is -2.30. The van der Waals surface area contributed by atoms with E-state index in [1.54, 1.807) is 24.5 Å². The quantitative estimate of drug-likeness (QED) is 0.389. The third kappa shape index (κ3) is 5.03. The Bertz CT molecular complexity index is 1730. The van der Waals surface area contributed by atoms with Crippen LogP contribution in [0.3, 0.4) is 0 Å². The maximum Gasteiger partial charge on any atom is 0.251 e. The molecule has 6 rings (SSSR count). The molecule has 4 aromatic rings. The van der Waals surface area contributed by atoms with Gasteiger partial charge in [-0.1, -0.05) is 6.07 Å². The summed E-state index contributed by atoms with van der Waals surface area (Å²) in [5, 5.41) is 3.71. The molecule has 0 saturated heterocycles. The number of benzene rings is 1. The molecule has 0 fully saturated rings. The smallest absolute Gasteiger partial charge is 0.251 e. The molecule has 0 aliphatic carbocycles. The third-order valence-electron chi connectivity index (χ3n) is 6.89. The normalized spacial score (nSPS) is 15.9. The Morgan fingerprint density at radius 1 is 1.07 bits per heavy atom. The molecule has 2 aliphatic heterocycles. The van der Waals surface area contributed by atoms with Gasteiger partial charge in [0.15, 0.2) is 9.84 Å². The molecule has 0 unspecified atom stereocenters. The standard InChI is InChI=1S/C28H28N6O5S/c1-33(2)27-13-24-23(16-30-27)34(7-8-39-24)26-6-5-19-14-29-21(12-22(19)32-26)15-31-28(35)18-3-4-20-17-38-9-10-40(36,37)25(20)11-18/h3-6,11-14,16H,7-10,15,17H2,1-2H3,(H,31,35). The van der Waals surface area contributed by atoms with Crippen LogP contribution in [0.1, 0.15) is 21.6 Å². The van der Waals surface area contributed by atoms with Crippen LogP contribution in [0, 0.1) is 0 Å². The van der Waals surface area contributed by atoms with E-state index in [0.717, 1.165) is 34.0 Å². The van der Waals surface area contributed by atoms with Gasteiger partial charge in [0, 0.05) is 37.3 Å². The predicted octanol–water partition coefficient (Wildman–Crippen LogP) is 2.86. The molecule has 40 heavy (non-hydrogen) atoms. The molecule has 0 spiro atoms. The molecular weight excluding hydrogens is 532 g/mol. The van der Waals surface area contributed by atoms with Gasteiger partial charge in [0.05, 0.1) is 54.4 Å². The van der Waals surface area contributed by atoms with E-state index in [1.807, 2.05) is 43.3 Å². The van der Waals surface area contributed by atoms with Crippen LogP contribution in [0.2, 0.25) is 0 Å². The topological polar surface area (TPSA) is 127 Å². The van der Waals surface area contributed by atoms with E-state index in [9.17, 15) is 13.2 Å². The Labute approximate surface area is 231 Å². The van der Waals surface area contributed by atoms with Crippen molar-refractivity contribution >= 4 is 44.0 Å². The van der Waals surface area contributed by atoms with Gasteiger partial charge in [-0.05, 0) is 35.9 Å². The highest BCUT2D eigenvalue weighted by atomic mass is 32.2. The predicted molar refractivity (Wildman–Crippen MR) is 150 cm³/mol. The number of fused-ring (bicyclic) bond motifs is 3. The number of rotatable bonds is 5. The second kappa shape index (κ2) is 10.4. The summed E-state index contributed by atoms with van der Waals surface area (Å²) < 4.78 is 36.4. The summed E-state index contributed by atoms with van der Waals surface area (Å²) >= 11 is 0. The molecule has 5 heterocycles. The highest BCUT2D eigenvalue weighted by molar-refractivity contribution is 7.91. The summed E-state index contributed by atoms with van der Waals surface area (Å²) in [5.74, 6) is 1.83. The fourth-order valence-corrected chi connectivity index (χ4v) is 6.11. The van der Waals surface area contributed by atoms with Crippen LogP contribution in [0.25, 0.3) is 10.9 Å². The van der Waals surface area contributed by atoms with Gasteiger partial charge < -0.3 is 24.6 Å². The number of nitrogens with one attached hydrogen (secondary N) is 1. The number of hydrogen-bond acceptors (Lipinski definition) is 10. The lowest BCUT2D eigenvalue weighted by Crippen LogP contribution is -2.29. The van der Waals surface area contributed by atoms with Crippen LogP contribution in [0.5, 0.6) is 5.75 Å². The Morgan fingerprint density at radius 2 is 1.95 bits per heavy atom. The van der Waals surface area contributed by atoms with Gasteiger partial charge in [0.1, 0.15) is 29.7 Å². The van der Waals surface area contributed by atoms with Crippen molar-refractivity contribution in [3.8, 4) is 5.75 Å². The molecule has 0 bridgehead atoms. The zero-order valence-corrected chi connectivity index (χ0v) is 22.9. The Balaban J connectivity index is 1.21. The van der Waals surface area contributed by atoms with Crippen molar-refractivity contribution in [1.29, 1.82) is 0 Å². The maximum atomic E-state index is 12.9. The van der Waals surface area contributed by atoms with Gasteiger partial charge in [-0.15, -0.1) is 0 Å². The number of ether oxygens (including phenoxy) is 2. The molecular formula is C28H28N6O5S. The van der Waals surface area contributed by atoms with Crippen molar-refractivity contribution in [2.24, 2.45) is 0 Å². The first-order valence-corrected chi connectivity index (χ1v) is 14.5.